The molecule has 0 aliphatic carbocycles. The summed E-state index contributed by atoms with van der Waals surface area (Å²) in [5, 5.41) is 6.88. The molecule has 0 saturated carbocycles. The van der Waals surface area contributed by atoms with Gasteiger partial charge in [-0.1, -0.05) is 120 Å². The summed E-state index contributed by atoms with van der Waals surface area (Å²) in [6, 6.07) is 7.71. The summed E-state index contributed by atoms with van der Waals surface area (Å²) in [7, 11) is 0. The molecule has 0 fully saturated rings. The van der Waals surface area contributed by atoms with Crippen LogP contribution in [-0.2, 0) is 11.3 Å². The number of halogens is 1. The third kappa shape index (κ3) is 15.4. The van der Waals surface area contributed by atoms with E-state index in [1.165, 1.54) is 83.5 Å². The maximum atomic E-state index is 11.8. The molecule has 1 amide bonds. The number of nitrogens with one attached hydrogen (secondary N) is 2. The second kappa shape index (κ2) is 18.9. The summed E-state index contributed by atoms with van der Waals surface area (Å²) in [5.41, 5.74) is 1.02. The van der Waals surface area contributed by atoms with Gasteiger partial charge in [0.15, 0.2) is 0 Å². The second-order valence-electron chi connectivity index (χ2n) is 8.14. The molecule has 0 bridgehead atoms. The van der Waals surface area contributed by atoms with Gasteiger partial charge < -0.3 is 10.6 Å². The van der Waals surface area contributed by atoms with Crippen molar-refractivity contribution in [1.82, 2.24) is 10.6 Å². The number of rotatable bonds is 19. The van der Waals surface area contributed by atoms with Gasteiger partial charge in [0.25, 0.3) is 0 Å². The Hall–Kier alpha value is -1.06. The highest BCUT2D eigenvalue weighted by Gasteiger charge is 2.02. The molecule has 4 heteroatoms. The Morgan fingerprint density at radius 3 is 1.86 bits per heavy atom. The van der Waals surface area contributed by atoms with Crippen LogP contribution in [0.1, 0.15) is 102 Å². The predicted octanol–water partition coefficient (Wildman–Crippen LogP) is 7.03. The summed E-state index contributed by atoms with van der Waals surface area (Å²) >= 11 is 6.11. The molecule has 0 spiro atoms. The third-order valence-corrected chi connectivity index (χ3v) is 5.78. The summed E-state index contributed by atoms with van der Waals surface area (Å²) in [5.74, 6) is 0.0618. The molecule has 1 rings (SSSR count). The third-order valence-electron chi connectivity index (χ3n) is 5.41. The van der Waals surface area contributed by atoms with E-state index in [2.05, 4.69) is 17.6 Å². The largest absolute Gasteiger partial charge is 0.355 e. The van der Waals surface area contributed by atoms with Crippen LogP contribution in [0.4, 0.5) is 0 Å². The molecule has 0 atom stereocenters. The summed E-state index contributed by atoms with van der Waals surface area (Å²) in [6.45, 7) is 4.01. The molecule has 0 radical (unpaired) electrons. The van der Waals surface area contributed by atoms with Crippen LogP contribution in [-0.4, -0.2) is 19.0 Å². The van der Waals surface area contributed by atoms with Crippen molar-refractivity contribution in [2.75, 3.05) is 13.1 Å². The number of hydrogen-bond acceptors (Lipinski definition) is 2. The second-order valence-corrected chi connectivity index (χ2v) is 8.55. The molecule has 0 aliphatic rings. The zero-order chi connectivity index (χ0) is 21.0. The first-order chi connectivity index (χ1) is 14.2. The summed E-state index contributed by atoms with van der Waals surface area (Å²) in [6.07, 6.45) is 19.0. The van der Waals surface area contributed by atoms with E-state index in [0.29, 0.717) is 13.1 Å². The SMILES string of the molecule is CCCCCCCCCCCCCCCCNC(=O)CNCc1ccccc1Cl. The molecular formula is C25H43ClN2O. The van der Waals surface area contributed by atoms with Gasteiger partial charge in [0.1, 0.15) is 0 Å². The van der Waals surface area contributed by atoms with Crippen LogP contribution in [0.2, 0.25) is 5.02 Å². The molecular weight excluding hydrogens is 380 g/mol. The number of carbonyl (C=O) groups is 1. The van der Waals surface area contributed by atoms with Gasteiger partial charge in [-0.25, -0.2) is 0 Å². The molecule has 3 nitrogen and oxygen atoms in total. The lowest BCUT2D eigenvalue weighted by Crippen LogP contribution is -2.34. The van der Waals surface area contributed by atoms with E-state index >= 15 is 0 Å². The molecule has 1 aromatic rings. The van der Waals surface area contributed by atoms with Gasteiger partial charge in [0.05, 0.1) is 6.54 Å². The minimum atomic E-state index is 0.0618. The zero-order valence-electron chi connectivity index (χ0n) is 18.6. The summed E-state index contributed by atoms with van der Waals surface area (Å²) in [4.78, 5) is 11.8. The molecule has 0 aromatic heterocycles. The van der Waals surface area contributed by atoms with Crippen molar-refractivity contribution < 1.29 is 4.79 Å². The number of carbonyl (C=O) groups excluding carboxylic acids is 1. The van der Waals surface area contributed by atoms with Gasteiger partial charge in [0.2, 0.25) is 5.91 Å². The first-order valence-electron chi connectivity index (χ1n) is 11.9. The van der Waals surface area contributed by atoms with Crippen LogP contribution >= 0.6 is 11.6 Å². The van der Waals surface area contributed by atoms with E-state index in [1.807, 2.05) is 24.3 Å². The van der Waals surface area contributed by atoms with E-state index in [9.17, 15) is 4.79 Å². The molecule has 2 N–H and O–H groups in total. The molecule has 0 heterocycles. The molecule has 0 aliphatic heterocycles. The van der Waals surface area contributed by atoms with E-state index in [4.69, 9.17) is 11.6 Å². The maximum Gasteiger partial charge on any atom is 0.233 e. The van der Waals surface area contributed by atoms with E-state index < -0.39 is 0 Å². The first kappa shape index (κ1) is 26.0. The predicted molar refractivity (Wildman–Crippen MR) is 126 cm³/mol. The van der Waals surface area contributed by atoms with Gasteiger partial charge in [-0.3, -0.25) is 4.79 Å². The van der Waals surface area contributed by atoms with Crippen LogP contribution in [0.3, 0.4) is 0 Å². The minimum Gasteiger partial charge on any atom is -0.355 e. The Kier molecular flexibility index (Phi) is 17.0. The standard InChI is InChI=1S/C25H43ClN2O/c1-2-3-4-5-6-7-8-9-10-11-12-13-14-17-20-28-25(29)22-27-21-23-18-15-16-19-24(23)26/h15-16,18-19,27H,2-14,17,20-22H2,1H3,(H,28,29). The van der Waals surface area contributed by atoms with Gasteiger partial charge in [-0.05, 0) is 18.1 Å². The Morgan fingerprint density at radius 2 is 1.31 bits per heavy atom. The molecule has 166 valence electrons. The highest BCUT2D eigenvalue weighted by atomic mass is 35.5. The number of benzene rings is 1. The lowest BCUT2D eigenvalue weighted by molar-refractivity contribution is -0.120. The lowest BCUT2D eigenvalue weighted by Gasteiger charge is -2.08. The van der Waals surface area contributed by atoms with Crippen molar-refractivity contribution in [3.8, 4) is 0 Å². The van der Waals surface area contributed by atoms with E-state index in [-0.39, 0.29) is 5.91 Å². The number of hydrogen-bond donors (Lipinski definition) is 2. The van der Waals surface area contributed by atoms with Gasteiger partial charge in [-0.2, -0.15) is 0 Å². The molecule has 0 saturated heterocycles. The van der Waals surface area contributed by atoms with Crippen molar-refractivity contribution in [3.63, 3.8) is 0 Å². The fourth-order valence-electron chi connectivity index (χ4n) is 3.56. The van der Waals surface area contributed by atoms with Crippen LogP contribution in [0.5, 0.6) is 0 Å². The fourth-order valence-corrected chi connectivity index (χ4v) is 3.76. The molecule has 1 aromatic carbocycles. The van der Waals surface area contributed by atoms with Crippen LogP contribution in [0, 0.1) is 0 Å². The quantitative estimate of drug-likeness (QED) is 0.235. The van der Waals surface area contributed by atoms with Crippen molar-refractivity contribution in [2.45, 2.75) is 103 Å². The van der Waals surface area contributed by atoms with Crippen LogP contribution in [0.25, 0.3) is 0 Å². The molecule has 29 heavy (non-hydrogen) atoms. The topological polar surface area (TPSA) is 41.1 Å². The highest BCUT2D eigenvalue weighted by Crippen LogP contribution is 2.14. The van der Waals surface area contributed by atoms with Gasteiger partial charge in [-0.15, -0.1) is 0 Å². The average molecular weight is 423 g/mol. The van der Waals surface area contributed by atoms with Crippen molar-refractivity contribution in [2.24, 2.45) is 0 Å². The van der Waals surface area contributed by atoms with Crippen molar-refractivity contribution in [1.29, 1.82) is 0 Å². The Labute approximate surface area is 184 Å². The van der Waals surface area contributed by atoms with Crippen LogP contribution in [0.15, 0.2) is 24.3 Å². The fraction of sp³-hybridized carbons (Fsp3) is 0.720. The number of unbranched alkanes of at least 4 members (excludes halogenated alkanes) is 13. The van der Waals surface area contributed by atoms with Crippen molar-refractivity contribution in [3.05, 3.63) is 34.9 Å². The zero-order valence-corrected chi connectivity index (χ0v) is 19.4. The average Bonchev–Trinajstić information content (AvgIpc) is 2.72. The maximum absolute atomic E-state index is 11.8. The molecule has 0 unspecified atom stereocenters. The monoisotopic (exact) mass is 422 g/mol. The van der Waals surface area contributed by atoms with Crippen molar-refractivity contribution >= 4 is 17.5 Å². The van der Waals surface area contributed by atoms with Gasteiger partial charge >= 0.3 is 0 Å². The van der Waals surface area contributed by atoms with E-state index in [0.717, 1.165) is 23.6 Å². The Morgan fingerprint density at radius 1 is 0.793 bits per heavy atom. The normalized spacial score (nSPS) is 11.0. The van der Waals surface area contributed by atoms with Crippen LogP contribution < -0.4 is 10.6 Å². The van der Waals surface area contributed by atoms with E-state index in [1.54, 1.807) is 0 Å². The lowest BCUT2D eigenvalue weighted by atomic mass is 10.0. The Balaban J connectivity index is 1.80. The number of amides is 1. The van der Waals surface area contributed by atoms with Gasteiger partial charge in [0, 0.05) is 18.1 Å². The summed E-state index contributed by atoms with van der Waals surface area (Å²) < 4.78 is 0. The highest BCUT2D eigenvalue weighted by molar-refractivity contribution is 6.31. The first-order valence-corrected chi connectivity index (χ1v) is 12.3. The minimum absolute atomic E-state index is 0.0618. The smallest absolute Gasteiger partial charge is 0.233 e. The Bertz CT molecular complexity index is 521.